The van der Waals surface area contributed by atoms with Crippen molar-refractivity contribution < 1.29 is 4.79 Å². The van der Waals surface area contributed by atoms with Crippen LogP contribution in [0.1, 0.15) is 0 Å². The number of nitrogens with one attached hydrogen (secondary N) is 1. The smallest absolute Gasteiger partial charge is 0.244 e. The average Bonchev–Trinajstić information content (AvgIpc) is 3.30. The third-order valence-corrected chi connectivity index (χ3v) is 5.64. The van der Waals surface area contributed by atoms with Crippen LogP contribution in [-0.4, -0.2) is 21.7 Å². The number of para-hydroxylation sites is 2. The molecule has 130 valence electrons. The quantitative estimate of drug-likeness (QED) is 0.489. The zero-order chi connectivity index (χ0) is 17.9. The molecule has 0 spiro atoms. The Morgan fingerprint density at radius 1 is 1.15 bits per heavy atom. The van der Waals surface area contributed by atoms with Crippen molar-refractivity contribution in [2.24, 2.45) is 0 Å². The Balaban J connectivity index is 1.65. The number of thioether (sulfide) groups is 1. The minimum absolute atomic E-state index is 0.0655. The summed E-state index contributed by atoms with van der Waals surface area (Å²) in [5.74, 6) is 0.762. The number of thiophene rings is 1. The Kier molecular flexibility index (Phi) is 4.77. The molecule has 0 aliphatic carbocycles. The molecular weight excluding hydrogens is 362 g/mol. The summed E-state index contributed by atoms with van der Waals surface area (Å²) < 4.78 is 1.98. The molecule has 0 saturated carbocycles. The van der Waals surface area contributed by atoms with Crippen molar-refractivity contribution in [3.63, 3.8) is 0 Å². The Bertz CT molecular complexity index is 1050. The van der Waals surface area contributed by atoms with Crippen LogP contribution in [0, 0.1) is 0 Å². The van der Waals surface area contributed by atoms with E-state index in [4.69, 9.17) is 4.98 Å². The Labute approximate surface area is 159 Å². The first-order valence-corrected chi connectivity index (χ1v) is 10.3. The van der Waals surface area contributed by atoms with Gasteiger partial charge in [-0.05, 0) is 48.0 Å². The molecule has 0 aliphatic rings. The van der Waals surface area contributed by atoms with Gasteiger partial charge in [-0.15, -0.1) is 23.1 Å². The number of hydrogen-bond acceptors (Lipinski definition) is 4. The number of anilines is 1. The first-order valence-electron chi connectivity index (χ1n) is 8.17. The number of benzene rings is 2. The molecule has 0 aliphatic heterocycles. The maximum atomic E-state index is 12.7. The first kappa shape index (κ1) is 16.9. The van der Waals surface area contributed by atoms with Crippen LogP contribution in [0.4, 0.5) is 5.69 Å². The first-order chi connectivity index (χ1) is 12.7. The van der Waals surface area contributed by atoms with E-state index < -0.39 is 0 Å². The van der Waals surface area contributed by atoms with E-state index in [1.807, 2.05) is 76.9 Å². The van der Waals surface area contributed by atoms with Crippen LogP contribution in [0.15, 0.2) is 70.9 Å². The zero-order valence-electron chi connectivity index (χ0n) is 14.2. The standard InChI is InChI=1S/C20H17N3OS2/c1-25-15-7-4-6-14(12-15)21-19(24)13-23-17-9-3-2-8-16(17)22-20(23)18-10-5-11-26-18/h2-12H,13H2,1H3,(H,21,24). The van der Waals surface area contributed by atoms with Gasteiger partial charge in [0.1, 0.15) is 6.54 Å². The summed E-state index contributed by atoms with van der Waals surface area (Å²) in [6, 6.07) is 19.8. The fourth-order valence-corrected chi connectivity index (χ4v) is 4.06. The van der Waals surface area contributed by atoms with Crippen molar-refractivity contribution in [1.29, 1.82) is 0 Å². The summed E-state index contributed by atoms with van der Waals surface area (Å²) in [5.41, 5.74) is 2.67. The summed E-state index contributed by atoms with van der Waals surface area (Å²) in [6.07, 6.45) is 2.02. The molecule has 0 saturated heterocycles. The number of hydrogen-bond donors (Lipinski definition) is 1. The van der Waals surface area contributed by atoms with E-state index in [-0.39, 0.29) is 12.5 Å². The molecule has 0 bridgehead atoms. The number of rotatable bonds is 5. The molecule has 0 fully saturated rings. The van der Waals surface area contributed by atoms with Crippen LogP contribution >= 0.6 is 23.1 Å². The van der Waals surface area contributed by atoms with Crippen LogP contribution in [-0.2, 0) is 11.3 Å². The van der Waals surface area contributed by atoms with E-state index in [0.29, 0.717) is 0 Å². The van der Waals surface area contributed by atoms with E-state index >= 15 is 0 Å². The normalized spacial score (nSPS) is 11.0. The SMILES string of the molecule is CSc1cccc(NC(=O)Cn2c(-c3cccs3)nc3ccccc32)c1. The highest BCUT2D eigenvalue weighted by Crippen LogP contribution is 2.28. The number of aromatic nitrogens is 2. The van der Waals surface area contributed by atoms with Gasteiger partial charge < -0.3 is 9.88 Å². The summed E-state index contributed by atoms with van der Waals surface area (Å²) in [6.45, 7) is 0.219. The van der Waals surface area contributed by atoms with Crippen LogP contribution in [0.25, 0.3) is 21.7 Å². The molecule has 4 rings (SSSR count). The minimum Gasteiger partial charge on any atom is -0.324 e. The maximum absolute atomic E-state index is 12.7. The largest absolute Gasteiger partial charge is 0.324 e. The molecular formula is C20H17N3OS2. The molecule has 0 unspecified atom stereocenters. The van der Waals surface area contributed by atoms with Crippen LogP contribution in [0.2, 0.25) is 0 Å². The molecule has 0 atom stereocenters. The molecule has 26 heavy (non-hydrogen) atoms. The van der Waals surface area contributed by atoms with Gasteiger partial charge >= 0.3 is 0 Å². The van der Waals surface area contributed by atoms with Gasteiger partial charge in [-0.25, -0.2) is 4.98 Å². The molecule has 4 aromatic rings. The number of fused-ring (bicyclic) bond motifs is 1. The van der Waals surface area contributed by atoms with Gasteiger partial charge in [0.15, 0.2) is 5.82 Å². The van der Waals surface area contributed by atoms with Gasteiger partial charge in [0.2, 0.25) is 5.91 Å². The number of carbonyl (C=O) groups is 1. The Morgan fingerprint density at radius 3 is 2.85 bits per heavy atom. The topological polar surface area (TPSA) is 46.9 Å². The van der Waals surface area contributed by atoms with Gasteiger partial charge in [0, 0.05) is 10.6 Å². The molecule has 2 aromatic heterocycles. The van der Waals surface area contributed by atoms with Gasteiger partial charge in [0.25, 0.3) is 0 Å². The maximum Gasteiger partial charge on any atom is 0.244 e. The van der Waals surface area contributed by atoms with Crippen molar-refractivity contribution in [2.45, 2.75) is 11.4 Å². The second-order valence-corrected chi connectivity index (χ2v) is 7.60. The monoisotopic (exact) mass is 379 g/mol. The van der Waals surface area contributed by atoms with Gasteiger partial charge in [0.05, 0.1) is 15.9 Å². The van der Waals surface area contributed by atoms with Gasteiger partial charge in [-0.2, -0.15) is 0 Å². The predicted octanol–water partition coefficient (Wildman–Crippen LogP) is 5.13. The van der Waals surface area contributed by atoms with Crippen molar-refractivity contribution in [1.82, 2.24) is 9.55 Å². The fraction of sp³-hybridized carbons (Fsp3) is 0.100. The molecule has 2 heterocycles. The van der Waals surface area contributed by atoms with Crippen molar-refractivity contribution in [2.75, 3.05) is 11.6 Å². The lowest BCUT2D eigenvalue weighted by Crippen LogP contribution is -2.19. The van der Waals surface area contributed by atoms with Crippen molar-refractivity contribution >= 4 is 45.7 Å². The average molecular weight is 380 g/mol. The number of nitrogens with zero attached hydrogens (tertiary/aromatic N) is 2. The molecule has 4 nitrogen and oxygen atoms in total. The van der Waals surface area contributed by atoms with Crippen molar-refractivity contribution in [3.8, 4) is 10.7 Å². The Morgan fingerprint density at radius 2 is 2.04 bits per heavy atom. The van der Waals surface area contributed by atoms with Gasteiger partial charge in [-0.1, -0.05) is 24.3 Å². The third kappa shape index (κ3) is 3.38. The van der Waals surface area contributed by atoms with Crippen LogP contribution in [0.5, 0.6) is 0 Å². The van der Waals surface area contributed by atoms with Crippen LogP contribution in [0.3, 0.4) is 0 Å². The highest BCUT2D eigenvalue weighted by molar-refractivity contribution is 7.98. The summed E-state index contributed by atoms with van der Waals surface area (Å²) >= 11 is 3.28. The van der Waals surface area contributed by atoms with E-state index in [1.165, 1.54) is 0 Å². The summed E-state index contributed by atoms with van der Waals surface area (Å²) in [7, 11) is 0. The number of imidazole rings is 1. The lowest BCUT2D eigenvalue weighted by atomic mass is 10.3. The fourth-order valence-electron chi connectivity index (χ4n) is 2.87. The third-order valence-electron chi connectivity index (χ3n) is 4.05. The second-order valence-electron chi connectivity index (χ2n) is 5.77. The molecule has 1 N–H and O–H groups in total. The predicted molar refractivity (Wildman–Crippen MR) is 110 cm³/mol. The van der Waals surface area contributed by atoms with E-state index in [1.54, 1.807) is 23.1 Å². The van der Waals surface area contributed by atoms with Crippen LogP contribution < -0.4 is 5.32 Å². The van der Waals surface area contributed by atoms with E-state index in [0.717, 1.165) is 32.3 Å². The number of amides is 1. The lowest BCUT2D eigenvalue weighted by molar-refractivity contribution is -0.116. The minimum atomic E-state index is -0.0655. The van der Waals surface area contributed by atoms with E-state index in [2.05, 4.69) is 5.32 Å². The second kappa shape index (κ2) is 7.35. The van der Waals surface area contributed by atoms with Crippen molar-refractivity contribution in [3.05, 3.63) is 66.0 Å². The summed E-state index contributed by atoms with van der Waals surface area (Å²) in [5, 5.41) is 5.02. The zero-order valence-corrected chi connectivity index (χ0v) is 15.8. The highest BCUT2D eigenvalue weighted by atomic mass is 32.2. The Hall–Kier alpha value is -2.57. The molecule has 0 radical (unpaired) electrons. The molecule has 6 heteroatoms. The summed E-state index contributed by atoms with van der Waals surface area (Å²) in [4.78, 5) is 19.6. The number of carbonyl (C=O) groups excluding carboxylic acids is 1. The van der Waals surface area contributed by atoms with E-state index in [9.17, 15) is 4.79 Å². The molecule has 2 aromatic carbocycles. The molecule has 1 amide bonds. The van der Waals surface area contributed by atoms with Gasteiger partial charge in [-0.3, -0.25) is 4.79 Å². The highest BCUT2D eigenvalue weighted by Gasteiger charge is 2.15. The lowest BCUT2D eigenvalue weighted by Gasteiger charge is -2.10.